The lowest BCUT2D eigenvalue weighted by Crippen LogP contribution is -2.62. The van der Waals surface area contributed by atoms with E-state index in [1.54, 1.807) is 4.90 Å². The Labute approximate surface area is 144 Å². The van der Waals surface area contributed by atoms with Gasteiger partial charge in [-0.1, -0.05) is 30.3 Å². The number of rotatable bonds is 3. The van der Waals surface area contributed by atoms with Crippen LogP contribution in [0.5, 0.6) is 0 Å². The van der Waals surface area contributed by atoms with Crippen LogP contribution in [-0.4, -0.2) is 57.9 Å². The van der Waals surface area contributed by atoms with Gasteiger partial charge in [-0.05, 0) is 39.2 Å². The van der Waals surface area contributed by atoms with Crippen molar-refractivity contribution in [2.45, 2.75) is 63.9 Å². The summed E-state index contributed by atoms with van der Waals surface area (Å²) in [6.45, 7) is 7.09. The van der Waals surface area contributed by atoms with Crippen LogP contribution in [-0.2, 0) is 11.3 Å². The molecule has 3 atom stereocenters. The number of piperazine rings is 1. The van der Waals surface area contributed by atoms with Crippen molar-refractivity contribution < 1.29 is 14.6 Å². The summed E-state index contributed by atoms with van der Waals surface area (Å²) in [6.07, 6.45) is 1.77. The summed E-state index contributed by atoms with van der Waals surface area (Å²) >= 11 is 0. The van der Waals surface area contributed by atoms with Gasteiger partial charge in [0.1, 0.15) is 5.60 Å². The average molecular weight is 332 g/mol. The van der Waals surface area contributed by atoms with Crippen molar-refractivity contribution in [3.8, 4) is 0 Å². The maximum Gasteiger partial charge on any atom is 0.410 e. The highest BCUT2D eigenvalue weighted by Crippen LogP contribution is 2.36. The van der Waals surface area contributed by atoms with E-state index in [-0.39, 0.29) is 24.8 Å². The van der Waals surface area contributed by atoms with Crippen LogP contribution in [0, 0.1) is 0 Å². The predicted molar refractivity (Wildman–Crippen MR) is 92.6 cm³/mol. The third-order valence-electron chi connectivity index (χ3n) is 4.97. The van der Waals surface area contributed by atoms with E-state index in [0.29, 0.717) is 12.6 Å². The molecule has 1 N–H and O–H groups in total. The number of aliphatic hydroxyl groups excluding tert-OH is 1. The van der Waals surface area contributed by atoms with Gasteiger partial charge in [-0.15, -0.1) is 0 Å². The lowest BCUT2D eigenvalue weighted by molar-refractivity contribution is -0.0365. The smallest absolute Gasteiger partial charge is 0.410 e. The van der Waals surface area contributed by atoms with E-state index >= 15 is 0 Å². The molecule has 0 aromatic heterocycles. The summed E-state index contributed by atoms with van der Waals surface area (Å²) in [5.74, 6) is 0. The Bertz CT molecular complexity index is 570. The molecule has 2 fully saturated rings. The van der Waals surface area contributed by atoms with Gasteiger partial charge in [-0.3, -0.25) is 9.80 Å². The second kappa shape index (κ2) is 6.73. The Morgan fingerprint density at radius 2 is 1.96 bits per heavy atom. The van der Waals surface area contributed by atoms with Crippen molar-refractivity contribution in [3.05, 3.63) is 35.9 Å². The van der Waals surface area contributed by atoms with Crippen molar-refractivity contribution in [1.82, 2.24) is 9.80 Å². The highest BCUT2D eigenvalue weighted by molar-refractivity contribution is 5.69. The van der Waals surface area contributed by atoms with E-state index in [1.807, 2.05) is 26.8 Å². The minimum Gasteiger partial charge on any atom is -0.444 e. The maximum absolute atomic E-state index is 12.5. The number of hydrogen-bond acceptors (Lipinski definition) is 4. The second-order valence-corrected chi connectivity index (χ2v) is 7.84. The number of aliphatic hydroxyl groups is 1. The third-order valence-corrected chi connectivity index (χ3v) is 4.97. The molecular weight excluding hydrogens is 304 g/mol. The molecule has 2 saturated heterocycles. The van der Waals surface area contributed by atoms with E-state index in [9.17, 15) is 9.90 Å². The van der Waals surface area contributed by atoms with Gasteiger partial charge in [0.2, 0.25) is 0 Å². The fourth-order valence-corrected chi connectivity index (χ4v) is 3.94. The Morgan fingerprint density at radius 1 is 1.25 bits per heavy atom. The van der Waals surface area contributed by atoms with Gasteiger partial charge in [0.05, 0.1) is 12.6 Å². The second-order valence-electron chi connectivity index (χ2n) is 7.84. The fourth-order valence-electron chi connectivity index (χ4n) is 3.94. The monoisotopic (exact) mass is 332 g/mol. The molecule has 3 unspecified atom stereocenters. The largest absolute Gasteiger partial charge is 0.444 e. The Morgan fingerprint density at radius 3 is 2.58 bits per heavy atom. The summed E-state index contributed by atoms with van der Waals surface area (Å²) in [5, 5.41) is 9.94. The molecule has 5 nitrogen and oxygen atoms in total. The first kappa shape index (κ1) is 17.2. The van der Waals surface area contributed by atoms with E-state index in [4.69, 9.17) is 4.74 Å². The number of carbonyl (C=O) groups is 1. The molecule has 0 spiro atoms. The van der Waals surface area contributed by atoms with Gasteiger partial charge in [0.15, 0.2) is 0 Å². The molecule has 24 heavy (non-hydrogen) atoms. The van der Waals surface area contributed by atoms with Crippen LogP contribution in [0.3, 0.4) is 0 Å². The van der Waals surface area contributed by atoms with Crippen LogP contribution in [0.2, 0.25) is 0 Å². The molecule has 2 heterocycles. The zero-order valence-electron chi connectivity index (χ0n) is 14.8. The maximum atomic E-state index is 12.5. The normalized spacial score (nSPS) is 27.3. The standard InChI is InChI=1S/C19H28N2O3/c1-19(2,3)24-18(23)21-12-15-9-10-16(17(21)13-22)20(15)11-14-7-5-4-6-8-14/h4-8,15-17,22H,9-13H2,1-3H3. The Hall–Kier alpha value is -1.59. The molecule has 0 saturated carbocycles. The van der Waals surface area contributed by atoms with E-state index < -0.39 is 5.60 Å². The molecule has 2 aliphatic rings. The molecule has 1 aromatic carbocycles. The number of hydrogen-bond donors (Lipinski definition) is 1. The van der Waals surface area contributed by atoms with Crippen LogP contribution in [0.1, 0.15) is 39.2 Å². The van der Waals surface area contributed by atoms with E-state index in [1.165, 1.54) is 5.56 Å². The zero-order valence-corrected chi connectivity index (χ0v) is 14.8. The lowest BCUT2D eigenvalue weighted by atomic mass is 10.0. The number of fused-ring (bicyclic) bond motifs is 2. The number of carbonyl (C=O) groups excluding carboxylic acids is 1. The minimum atomic E-state index is -0.517. The SMILES string of the molecule is CC(C)(C)OC(=O)N1CC2CCC(C1CO)N2Cc1ccccc1. The fraction of sp³-hybridized carbons (Fsp3) is 0.632. The van der Waals surface area contributed by atoms with E-state index in [2.05, 4.69) is 29.2 Å². The first-order valence-corrected chi connectivity index (χ1v) is 8.79. The van der Waals surface area contributed by atoms with Gasteiger partial charge >= 0.3 is 6.09 Å². The van der Waals surface area contributed by atoms with Gasteiger partial charge in [-0.25, -0.2) is 4.79 Å². The molecule has 2 aliphatic heterocycles. The Balaban J connectivity index is 1.75. The van der Waals surface area contributed by atoms with E-state index in [0.717, 1.165) is 19.4 Å². The van der Waals surface area contributed by atoms with Gasteiger partial charge in [0.25, 0.3) is 0 Å². The molecule has 1 aromatic rings. The molecule has 3 rings (SSSR count). The summed E-state index contributed by atoms with van der Waals surface area (Å²) in [4.78, 5) is 16.7. The molecule has 132 valence electrons. The molecule has 0 radical (unpaired) electrons. The summed E-state index contributed by atoms with van der Waals surface area (Å²) in [7, 11) is 0. The molecule has 5 heteroatoms. The van der Waals surface area contributed by atoms with Crippen LogP contribution in [0.25, 0.3) is 0 Å². The minimum absolute atomic E-state index is 0.0259. The summed E-state index contributed by atoms with van der Waals surface area (Å²) in [5.41, 5.74) is 0.758. The zero-order chi connectivity index (χ0) is 17.3. The van der Waals surface area contributed by atoms with Gasteiger partial charge in [-0.2, -0.15) is 0 Å². The van der Waals surface area contributed by atoms with Crippen LogP contribution >= 0.6 is 0 Å². The molecular formula is C19H28N2O3. The highest BCUT2D eigenvalue weighted by Gasteiger charge is 2.48. The van der Waals surface area contributed by atoms with Crippen molar-refractivity contribution >= 4 is 6.09 Å². The first-order chi connectivity index (χ1) is 11.4. The van der Waals surface area contributed by atoms with Crippen molar-refractivity contribution in [2.75, 3.05) is 13.2 Å². The van der Waals surface area contributed by atoms with Crippen LogP contribution < -0.4 is 0 Å². The van der Waals surface area contributed by atoms with Crippen molar-refractivity contribution in [1.29, 1.82) is 0 Å². The topological polar surface area (TPSA) is 53.0 Å². The number of benzene rings is 1. The number of likely N-dealkylation sites (tertiary alicyclic amines) is 1. The van der Waals surface area contributed by atoms with Crippen molar-refractivity contribution in [2.24, 2.45) is 0 Å². The van der Waals surface area contributed by atoms with Gasteiger partial charge in [0, 0.05) is 25.2 Å². The van der Waals surface area contributed by atoms with Crippen molar-refractivity contribution in [3.63, 3.8) is 0 Å². The average Bonchev–Trinajstić information content (AvgIpc) is 2.79. The van der Waals surface area contributed by atoms with Gasteiger partial charge < -0.3 is 9.84 Å². The molecule has 0 aliphatic carbocycles. The summed E-state index contributed by atoms with van der Waals surface area (Å²) < 4.78 is 5.54. The predicted octanol–water partition coefficient (Wildman–Crippen LogP) is 2.63. The number of ether oxygens (including phenoxy) is 1. The third kappa shape index (κ3) is 3.57. The molecule has 1 amide bonds. The molecule has 2 bridgehead atoms. The Kier molecular flexibility index (Phi) is 4.83. The van der Waals surface area contributed by atoms with Crippen LogP contribution in [0.15, 0.2) is 30.3 Å². The quantitative estimate of drug-likeness (QED) is 0.924. The van der Waals surface area contributed by atoms with Crippen LogP contribution in [0.4, 0.5) is 4.79 Å². The lowest BCUT2D eigenvalue weighted by Gasteiger charge is -2.46. The number of nitrogens with zero attached hydrogens (tertiary/aromatic N) is 2. The highest BCUT2D eigenvalue weighted by atomic mass is 16.6. The summed E-state index contributed by atoms with van der Waals surface area (Å²) in [6, 6.07) is 10.7. The first-order valence-electron chi connectivity index (χ1n) is 8.79. The number of amides is 1.